The molecule has 1 heterocycles. The number of benzene rings is 2. The Morgan fingerprint density at radius 3 is 2.24 bits per heavy atom. The third kappa shape index (κ3) is 5.31. The Kier molecular flexibility index (Phi) is 6.12. The van der Waals surface area contributed by atoms with Crippen LogP contribution in [-0.2, 0) is 0 Å². The van der Waals surface area contributed by atoms with E-state index in [2.05, 4.69) is 20.6 Å². The summed E-state index contributed by atoms with van der Waals surface area (Å²) in [5.74, 6) is 1.57. The van der Waals surface area contributed by atoms with Crippen molar-refractivity contribution in [2.45, 2.75) is 40.7 Å². The lowest BCUT2D eigenvalue weighted by Gasteiger charge is -2.13. The van der Waals surface area contributed by atoms with Crippen LogP contribution in [0.4, 0.5) is 17.2 Å². The molecular weight excluding hydrogens is 364 g/mol. The molecule has 0 saturated carbocycles. The number of aromatic nitrogens is 2. The fourth-order valence-corrected chi connectivity index (χ4v) is 2.97. The van der Waals surface area contributed by atoms with E-state index in [-0.39, 0.29) is 12.0 Å². The first-order chi connectivity index (χ1) is 13.8. The van der Waals surface area contributed by atoms with Crippen molar-refractivity contribution in [2.24, 2.45) is 0 Å². The van der Waals surface area contributed by atoms with Crippen LogP contribution in [0.2, 0.25) is 0 Å². The van der Waals surface area contributed by atoms with Crippen molar-refractivity contribution in [2.75, 3.05) is 10.6 Å². The first kappa shape index (κ1) is 20.3. The second-order valence-corrected chi connectivity index (χ2v) is 7.22. The fourth-order valence-electron chi connectivity index (χ4n) is 2.97. The minimum Gasteiger partial charge on any atom is -0.491 e. The van der Waals surface area contributed by atoms with Gasteiger partial charge in [0.2, 0.25) is 0 Å². The van der Waals surface area contributed by atoms with Gasteiger partial charge >= 0.3 is 0 Å². The standard InChI is InChI=1S/C23H26N4O2/c1-14(2)29-19-11-9-18(10-12-19)26-23(28)20-13-21(25-17(5)24-20)27-22-15(3)7-6-8-16(22)4/h6-14H,1-5H3,(H,26,28)(H,24,25,27). The van der Waals surface area contributed by atoms with Crippen LogP contribution < -0.4 is 15.4 Å². The summed E-state index contributed by atoms with van der Waals surface area (Å²) in [5.41, 5.74) is 4.17. The fraction of sp³-hybridized carbons (Fsp3) is 0.261. The Balaban J connectivity index is 1.77. The molecule has 2 aromatic carbocycles. The van der Waals surface area contributed by atoms with Crippen molar-refractivity contribution in [3.05, 3.63) is 71.2 Å². The molecule has 150 valence electrons. The van der Waals surface area contributed by atoms with Gasteiger partial charge in [0.05, 0.1) is 6.10 Å². The number of ether oxygens (including phenoxy) is 1. The predicted molar refractivity (Wildman–Crippen MR) is 116 cm³/mol. The Morgan fingerprint density at radius 1 is 0.966 bits per heavy atom. The Labute approximate surface area is 171 Å². The summed E-state index contributed by atoms with van der Waals surface area (Å²) in [7, 11) is 0. The summed E-state index contributed by atoms with van der Waals surface area (Å²) < 4.78 is 5.62. The predicted octanol–water partition coefficient (Wildman–Crippen LogP) is 5.18. The number of aryl methyl sites for hydroxylation is 3. The average molecular weight is 390 g/mol. The molecule has 0 radical (unpaired) electrons. The van der Waals surface area contributed by atoms with Crippen LogP contribution in [0, 0.1) is 20.8 Å². The van der Waals surface area contributed by atoms with Gasteiger partial charge in [-0.15, -0.1) is 0 Å². The zero-order chi connectivity index (χ0) is 21.0. The number of carbonyl (C=O) groups excluding carboxylic acids is 1. The molecule has 6 nitrogen and oxygen atoms in total. The SMILES string of the molecule is Cc1nc(Nc2c(C)cccc2C)cc(C(=O)Nc2ccc(OC(C)C)cc2)n1. The second-order valence-electron chi connectivity index (χ2n) is 7.22. The Bertz CT molecular complexity index is 994. The van der Waals surface area contributed by atoms with Gasteiger partial charge < -0.3 is 15.4 Å². The summed E-state index contributed by atoms with van der Waals surface area (Å²) in [6, 6.07) is 15.0. The third-order valence-electron chi connectivity index (χ3n) is 4.29. The molecule has 3 aromatic rings. The molecular formula is C23H26N4O2. The second kappa shape index (κ2) is 8.73. The number of rotatable bonds is 6. The molecule has 0 spiro atoms. The quantitative estimate of drug-likeness (QED) is 0.606. The molecule has 3 rings (SSSR count). The third-order valence-corrected chi connectivity index (χ3v) is 4.29. The number of nitrogens with one attached hydrogen (secondary N) is 2. The molecule has 29 heavy (non-hydrogen) atoms. The van der Waals surface area contributed by atoms with Gasteiger partial charge in [0.25, 0.3) is 5.91 Å². The van der Waals surface area contributed by atoms with Crippen molar-refractivity contribution in [1.82, 2.24) is 9.97 Å². The maximum absolute atomic E-state index is 12.7. The highest BCUT2D eigenvalue weighted by Crippen LogP contribution is 2.24. The number of amides is 1. The summed E-state index contributed by atoms with van der Waals surface area (Å²) in [5, 5.41) is 6.19. The number of hydrogen-bond acceptors (Lipinski definition) is 5. The molecule has 1 amide bonds. The normalized spacial score (nSPS) is 10.7. The van der Waals surface area contributed by atoms with Crippen LogP contribution in [0.3, 0.4) is 0 Å². The van der Waals surface area contributed by atoms with Crippen LogP contribution >= 0.6 is 0 Å². The van der Waals surface area contributed by atoms with Crippen molar-refractivity contribution in [3.63, 3.8) is 0 Å². The molecule has 1 aromatic heterocycles. The molecule has 0 bridgehead atoms. The molecule has 2 N–H and O–H groups in total. The summed E-state index contributed by atoms with van der Waals surface area (Å²) >= 11 is 0. The Morgan fingerprint density at radius 2 is 1.62 bits per heavy atom. The van der Waals surface area contributed by atoms with Gasteiger partial charge in [0.1, 0.15) is 23.1 Å². The molecule has 0 aliphatic rings. The molecule has 0 atom stereocenters. The molecule has 0 aliphatic carbocycles. The molecule has 0 saturated heterocycles. The van der Waals surface area contributed by atoms with Crippen LogP contribution in [-0.4, -0.2) is 22.0 Å². The lowest BCUT2D eigenvalue weighted by atomic mass is 10.1. The molecule has 0 fully saturated rings. The van der Waals surface area contributed by atoms with E-state index in [1.165, 1.54) is 0 Å². The lowest BCUT2D eigenvalue weighted by Crippen LogP contribution is -2.15. The minimum atomic E-state index is -0.294. The van der Waals surface area contributed by atoms with E-state index in [1.807, 2.05) is 58.0 Å². The van der Waals surface area contributed by atoms with Gasteiger partial charge in [-0.3, -0.25) is 4.79 Å². The number of carbonyl (C=O) groups is 1. The van der Waals surface area contributed by atoms with E-state index in [4.69, 9.17) is 4.74 Å². The van der Waals surface area contributed by atoms with Crippen molar-refractivity contribution >= 4 is 23.1 Å². The van der Waals surface area contributed by atoms with Gasteiger partial charge in [0.15, 0.2) is 0 Å². The minimum absolute atomic E-state index is 0.0993. The zero-order valence-corrected chi connectivity index (χ0v) is 17.4. The van der Waals surface area contributed by atoms with Crippen LogP contribution in [0.5, 0.6) is 5.75 Å². The number of hydrogen-bond donors (Lipinski definition) is 2. The number of para-hydroxylation sites is 1. The highest BCUT2D eigenvalue weighted by molar-refractivity contribution is 6.03. The molecule has 0 aliphatic heterocycles. The number of nitrogens with zero attached hydrogens (tertiary/aromatic N) is 2. The summed E-state index contributed by atoms with van der Waals surface area (Å²) in [6.45, 7) is 9.77. The Hall–Kier alpha value is -3.41. The van der Waals surface area contributed by atoms with Gasteiger partial charge in [-0.05, 0) is 70.0 Å². The maximum atomic E-state index is 12.7. The van der Waals surface area contributed by atoms with E-state index in [0.29, 0.717) is 23.0 Å². The van der Waals surface area contributed by atoms with Crippen LogP contribution in [0.25, 0.3) is 0 Å². The van der Waals surface area contributed by atoms with E-state index < -0.39 is 0 Å². The van der Waals surface area contributed by atoms with E-state index in [0.717, 1.165) is 22.6 Å². The topological polar surface area (TPSA) is 76.1 Å². The van der Waals surface area contributed by atoms with Crippen LogP contribution in [0.15, 0.2) is 48.5 Å². The largest absolute Gasteiger partial charge is 0.491 e. The first-order valence-corrected chi connectivity index (χ1v) is 9.59. The van der Waals surface area contributed by atoms with E-state index in [9.17, 15) is 4.79 Å². The van der Waals surface area contributed by atoms with Gasteiger partial charge in [-0.2, -0.15) is 0 Å². The average Bonchev–Trinajstić information content (AvgIpc) is 2.65. The van der Waals surface area contributed by atoms with E-state index >= 15 is 0 Å². The van der Waals surface area contributed by atoms with E-state index in [1.54, 1.807) is 25.1 Å². The van der Waals surface area contributed by atoms with Gasteiger partial charge in [-0.25, -0.2) is 9.97 Å². The zero-order valence-electron chi connectivity index (χ0n) is 17.4. The van der Waals surface area contributed by atoms with Crippen molar-refractivity contribution in [1.29, 1.82) is 0 Å². The highest BCUT2D eigenvalue weighted by Gasteiger charge is 2.12. The summed E-state index contributed by atoms with van der Waals surface area (Å²) in [6.07, 6.45) is 0.0993. The van der Waals surface area contributed by atoms with Crippen molar-refractivity contribution in [3.8, 4) is 5.75 Å². The number of anilines is 3. The van der Waals surface area contributed by atoms with Crippen LogP contribution in [0.1, 0.15) is 41.3 Å². The van der Waals surface area contributed by atoms with Gasteiger partial charge in [0, 0.05) is 17.4 Å². The first-order valence-electron chi connectivity index (χ1n) is 9.59. The van der Waals surface area contributed by atoms with Gasteiger partial charge in [-0.1, -0.05) is 18.2 Å². The highest BCUT2D eigenvalue weighted by atomic mass is 16.5. The lowest BCUT2D eigenvalue weighted by molar-refractivity contribution is 0.102. The monoisotopic (exact) mass is 390 g/mol. The van der Waals surface area contributed by atoms with Crippen molar-refractivity contribution < 1.29 is 9.53 Å². The smallest absolute Gasteiger partial charge is 0.274 e. The summed E-state index contributed by atoms with van der Waals surface area (Å²) in [4.78, 5) is 21.4. The maximum Gasteiger partial charge on any atom is 0.274 e. The molecule has 0 unspecified atom stereocenters. The molecule has 6 heteroatoms.